The maximum atomic E-state index is 12.4. The molecular formula is C45H50N5O4S2+. The van der Waals surface area contributed by atoms with Crippen molar-refractivity contribution in [2.24, 2.45) is 11.0 Å². The summed E-state index contributed by atoms with van der Waals surface area (Å²) in [6.45, 7) is 14.7. The summed E-state index contributed by atoms with van der Waals surface area (Å²) < 4.78 is 32.1. The maximum absolute atomic E-state index is 12.4. The van der Waals surface area contributed by atoms with E-state index in [1.54, 1.807) is 12.1 Å². The Morgan fingerprint density at radius 2 is 1.52 bits per heavy atom. The fraction of sp³-hybridized carbons (Fsp3) is 0.267. The van der Waals surface area contributed by atoms with Crippen molar-refractivity contribution in [2.75, 3.05) is 22.9 Å². The van der Waals surface area contributed by atoms with Crippen molar-refractivity contribution < 1.29 is 22.3 Å². The van der Waals surface area contributed by atoms with Crippen LogP contribution in [0.4, 0.5) is 22.7 Å². The molecule has 0 saturated heterocycles. The van der Waals surface area contributed by atoms with Gasteiger partial charge in [0.2, 0.25) is 15.7 Å². The molecule has 4 aromatic rings. The molecule has 11 heteroatoms. The van der Waals surface area contributed by atoms with Crippen LogP contribution in [0.1, 0.15) is 65.5 Å². The van der Waals surface area contributed by atoms with Gasteiger partial charge in [0, 0.05) is 57.3 Å². The first-order valence-corrected chi connectivity index (χ1v) is 21.3. The predicted octanol–water partition coefficient (Wildman–Crippen LogP) is 9.63. The molecule has 0 bridgehead atoms. The number of nitrogens with two attached hydrogens (primary N) is 2. The van der Waals surface area contributed by atoms with Crippen LogP contribution in [0.5, 0.6) is 0 Å². The first-order chi connectivity index (χ1) is 26.8. The van der Waals surface area contributed by atoms with Crippen molar-refractivity contribution in [3.8, 4) is 0 Å². The van der Waals surface area contributed by atoms with Gasteiger partial charge < -0.3 is 9.80 Å². The summed E-state index contributed by atoms with van der Waals surface area (Å²) in [7, 11) is -3.85. The number of anilines is 3. The first kappa shape index (κ1) is 39.5. The Kier molecular flexibility index (Phi) is 11.0. The van der Waals surface area contributed by atoms with Crippen LogP contribution < -0.4 is 20.8 Å². The third kappa shape index (κ3) is 7.19. The summed E-state index contributed by atoms with van der Waals surface area (Å²) >= 11 is 1.09. The topological polar surface area (TPSA) is 114 Å². The van der Waals surface area contributed by atoms with Gasteiger partial charge in [0.15, 0.2) is 5.71 Å². The molecule has 0 aromatic heterocycles. The van der Waals surface area contributed by atoms with Gasteiger partial charge in [-0.3, -0.25) is 0 Å². The molecule has 7 rings (SSSR count). The molecule has 4 aromatic carbocycles. The maximum Gasteiger partial charge on any atom is 0.238 e. The zero-order valence-corrected chi connectivity index (χ0v) is 34.5. The van der Waals surface area contributed by atoms with E-state index in [1.165, 1.54) is 28.1 Å². The minimum absolute atomic E-state index is 0.126. The number of hydrogen-bond acceptors (Lipinski definition) is 8. The van der Waals surface area contributed by atoms with Gasteiger partial charge in [0.1, 0.15) is 6.54 Å². The second-order valence-electron chi connectivity index (χ2n) is 15.2. The lowest BCUT2D eigenvalue weighted by atomic mass is 9.81. The lowest BCUT2D eigenvalue weighted by Gasteiger charge is -2.29. The van der Waals surface area contributed by atoms with E-state index < -0.39 is 15.4 Å². The molecule has 3 aliphatic rings. The number of primary sulfonamides is 1. The Bertz CT molecular complexity index is 2380. The van der Waals surface area contributed by atoms with Crippen molar-refractivity contribution in [2.45, 2.75) is 75.0 Å². The predicted molar refractivity (Wildman–Crippen MR) is 228 cm³/mol. The molecule has 0 fully saturated rings. The highest BCUT2D eigenvalue weighted by Crippen LogP contribution is 2.49. The fourth-order valence-corrected chi connectivity index (χ4v) is 9.47. The average Bonchev–Trinajstić information content (AvgIpc) is 3.76. The van der Waals surface area contributed by atoms with Gasteiger partial charge >= 0.3 is 0 Å². The average molecular weight is 789 g/mol. The van der Waals surface area contributed by atoms with E-state index in [0.717, 1.165) is 76.9 Å². The molecule has 2 heterocycles. The Labute approximate surface area is 335 Å². The van der Waals surface area contributed by atoms with E-state index in [2.05, 4.69) is 146 Å². The van der Waals surface area contributed by atoms with Crippen LogP contribution in [0, 0.1) is 0 Å². The van der Waals surface area contributed by atoms with Gasteiger partial charge in [-0.2, -0.15) is 10.5 Å². The Hall–Kier alpha value is -4.75. The minimum Gasteiger partial charge on any atom is -0.344 e. The van der Waals surface area contributed by atoms with Crippen molar-refractivity contribution in [3.05, 3.63) is 155 Å². The number of allylic oxidation sites excluding steroid dienone is 7. The molecule has 0 atom stereocenters. The molecule has 0 amide bonds. The van der Waals surface area contributed by atoms with Gasteiger partial charge in [-0.05, 0) is 118 Å². The highest BCUT2D eigenvalue weighted by Gasteiger charge is 2.44. The van der Waals surface area contributed by atoms with E-state index in [9.17, 15) is 8.42 Å². The van der Waals surface area contributed by atoms with E-state index >= 15 is 0 Å². The summed E-state index contributed by atoms with van der Waals surface area (Å²) in [5.74, 6) is 5.13. The smallest absolute Gasteiger partial charge is 0.238 e. The zero-order valence-electron chi connectivity index (χ0n) is 32.8. The molecule has 9 nitrogen and oxygen atoms in total. The monoisotopic (exact) mass is 788 g/mol. The molecule has 290 valence electrons. The summed E-state index contributed by atoms with van der Waals surface area (Å²) in [5, 5.41) is 5.58. The number of sulfonamides is 1. The number of hydrogen-bond donors (Lipinski definition) is 2. The molecule has 56 heavy (non-hydrogen) atoms. The van der Waals surface area contributed by atoms with Crippen LogP contribution in [0.2, 0.25) is 0 Å². The second-order valence-corrected chi connectivity index (χ2v) is 17.6. The van der Waals surface area contributed by atoms with Crippen LogP contribution >= 0.6 is 12.0 Å². The Balaban J connectivity index is 1.37. The minimum atomic E-state index is -3.85. The Morgan fingerprint density at radius 3 is 2.12 bits per heavy atom. The van der Waals surface area contributed by atoms with Crippen molar-refractivity contribution in [3.63, 3.8) is 0 Å². The fourth-order valence-electron chi connectivity index (χ4n) is 8.52. The molecule has 1 aliphatic carbocycles. The number of benzene rings is 4. The first-order valence-electron chi connectivity index (χ1n) is 19.0. The zero-order chi connectivity index (χ0) is 39.8. The number of fused-ring (bicyclic) bond motifs is 2. The quantitative estimate of drug-likeness (QED) is 0.0632. The summed E-state index contributed by atoms with van der Waals surface area (Å²) in [5.41, 5.74) is 11.7. The molecule has 0 radical (unpaired) electrons. The van der Waals surface area contributed by atoms with Gasteiger partial charge in [-0.1, -0.05) is 62.4 Å². The van der Waals surface area contributed by atoms with Crippen LogP contribution in [0.15, 0.2) is 154 Å². The van der Waals surface area contributed by atoms with Crippen molar-refractivity contribution in [1.82, 2.24) is 0 Å². The van der Waals surface area contributed by atoms with E-state index in [1.807, 2.05) is 24.3 Å². The lowest BCUT2D eigenvalue weighted by Crippen LogP contribution is -2.27. The third-order valence-electron chi connectivity index (χ3n) is 11.3. The molecule has 2 aliphatic heterocycles. The van der Waals surface area contributed by atoms with Gasteiger partial charge in [-0.15, -0.1) is 9.32 Å². The van der Waals surface area contributed by atoms with E-state index in [-0.39, 0.29) is 10.3 Å². The van der Waals surface area contributed by atoms with E-state index in [0.29, 0.717) is 0 Å². The van der Waals surface area contributed by atoms with Crippen LogP contribution in [0.3, 0.4) is 0 Å². The highest BCUT2D eigenvalue weighted by molar-refractivity contribution is 7.94. The summed E-state index contributed by atoms with van der Waals surface area (Å²) in [6, 6.07) is 32.6. The van der Waals surface area contributed by atoms with Crippen LogP contribution in [-0.2, 0) is 30.2 Å². The standard InChI is InChI=1S/C45H50N5O4S2/c1-7-48-39-25-23-35(55-54-53-46)29-37(39)44(3,4)41(48)27-21-31-19-20-32(43(31)50(33-15-11-9-12-16-33)34-17-13-10-14-18-34)22-28-42-45(5,6)38-30-36(56(47,51)52)24-26-40(38)49(42)8-2/h9-18,21-30H,7-8,19-20,46H2,1-6H3,(H2,47,51,52)/q+1. The molecule has 0 unspecified atom stereocenters. The molecular weight excluding hydrogens is 739 g/mol. The SMILES string of the molecule is CCN1/C(=C/C=C2\CCC(/C=C/C3=[N+](CC)c4ccc(SOON)cc4C3(C)C)=C2N(c2ccccc2)c2ccccc2)C(C)(C)c2cc(S(N)(=O)=O)ccc21. The van der Waals surface area contributed by atoms with Gasteiger partial charge in [0.05, 0.1) is 28.1 Å². The number of likely N-dealkylation sites (N-methyl/N-ethyl adjacent to an activating group) is 1. The lowest BCUT2D eigenvalue weighted by molar-refractivity contribution is -0.433. The van der Waals surface area contributed by atoms with Gasteiger partial charge in [0.25, 0.3) is 0 Å². The van der Waals surface area contributed by atoms with Gasteiger partial charge in [-0.25, -0.2) is 13.6 Å². The number of para-hydroxylation sites is 2. The molecule has 0 saturated carbocycles. The van der Waals surface area contributed by atoms with Crippen LogP contribution in [-0.4, -0.2) is 31.8 Å². The van der Waals surface area contributed by atoms with E-state index in [4.69, 9.17) is 15.4 Å². The second kappa shape index (κ2) is 15.7. The Morgan fingerprint density at radius 1 is 0.839 bits per heavy atom. The highest BCUT2D eigenvalue weighted by atomic mass is 32.2. The summed E-state index contributed by atoms with van der Waals surface area (Å²) in [4.78, 5) is 10.1. The van der Waals surface area contributed by atoms with Crippen molar-refractivity contribution in [1.29, 1.82) is 0 Å². The van der Waals surface area contributed by atoms with Crippen molar-refractivity contribution >= 4 is 50.5 Å². The molecule has 4 N–H and O–H groups in total. The third-order valence-corrected chi connectivity index (χ3v) is 12.8. The normalized spacial score (nSPS) is 18.8. The summed E-state index contributed by atoms with van der Waals surface area (Å²) in [6.07, 6.45) is 10.8. The largest absolute Gasteiger partial charge is 0.344 e. The molecule has 0 spiro atoms. The van der Waals surface area contributed by atoms with Crippen LogP contribution in [0.25, 0.3) is 0 Å². The number of nitrogens with zero attached hydrogens (tertiary/aromatic N) is 3. The number of rotatable bonds is 12.